The second kappa shape index (κ2) is 9.91. The second-order valence-electron chi connectivity index (χ2n) is 8.30. The van der Waals surface area contributed by atoms with Crippen LogP contribution in [0, 0.1) is 17.8 Å². The summed E-state index contributed by atoms with van der Waals surface area (Å²) in [7, 11) is 0. The van der Waals surface area contributed by atoms with Gasteiger partial charge < -0.3 is 14.8 Å². The van der Waals surface area contributed by atoms with Gasteiger partial charge in [-0.15, -0.1) is 0 Å². The van der Waals surface area contributed by atoms with E-state index in [1.54, 1.807) is 36.4 Å². The molecule has 1 aliphatic heterocycles. The number of imide groups is 1. The van der Waals surface area contributed by atoms with E-state index in [1.807, 2.05) is 26.0 Å². The van der Waals surface area contributed by atoms with Gasteiger partial charge in [0.25, 0.3) is 5.91 Å². The molecule has 2 aromatic carbocycles. The first-order valence-corrected chi connectivity index (χ1v) is 11.2. The minimum Gasteiger partial charge on any atom is -0.494 e. The second-order valence-corrected chi connectivity index (χ2v) is 8.30. The van der Waals surface area contributed by atoms with Gasteiger partial charge >= 0.3 is 5.97 Å². The van der Waals surface area contributed by atoms with Crippen LogP contribution in [-0.4, -0.2) is 36.9 Å². The van der Waals surface area contributed by atoms with Crippen molar-refractivity contribution in [3.63, 3.8) is 0 Å². The van der Waals surface area contributed by atoms with E-state index in [9.17, 15) is 19.2 Å². The van der Waals surface area contributed by atoms with E-state index in [1.165, 1.54) is 17.0 Å². The molecule has 0 unspecified atom stereocenters. The number of allylic oxidation sites excluding steroid dienone is 2. The van der Waals surface area contributed by atoms with Crippen molar-refractivity contribution in [2.45, 2.75) is 20.3 Å². The van der Waals surface area contributed by atoms with E-state index < -0.39 is 18.5 Å². The van der Waals surface area contributed by atoms with Gasteiger partial charge in [0.1, 0.15) is 5.75 Å². The molecule has 3 atom stereocenters. The molecule has 1 aliphatic carbocycles. The number of carbonyl (C=O) groups excluding carboxylic acids is 4. The number of amides is 3. The van der Waals surface area contributed by atoms with Crippen LogP contribution >= 0.6 is 0 Å². The summed E-state index contributed by atoms with van der Waals surface area (Å²) >= 11 is 0. The van der Waals surface area contributed by atoms with Crippen LogP contribution in [0.5, 0.6) is 5.75 Å². The largest absolute Gasteiger partial charge is 0.494 e. The van der Waals surface area contributed by atoms with Crippen LogP contribution in [-0.2, 0) is 19.1 Å². The molecule has 1 heterocycles. The average molecular weight is 463 g/mol. The van der Waals surface area contributed by atoms with E-state index in [0.717, 1.165) is 0 Å². The predicted octanol–water partition coefficient (Wildman–Crippen LogP) is 3.58. The number of rotatable bonds is 7. The molecule has 1 fully saturated rings. The molecule has 0 spiro atoms. The highest BCUT2D eigenvalue weighted by molar-refractivity contribution is 6.22. The van der Waals surface area contributed by atoms with Crippen molar-refractivity contribution < 1.29 is 28.7 Å². The Kier molecular flexibility index (Phi) is 6.77. The maximum absolute atomic E-state index is 12.9. The molecule has 0 bridgehead atoms. The number of anilines is 2. The average Bonchev–Trinajstić information content (AvgIpc) is 3.10. The zero-order valence-electron chi connectivity index (χ0n) is 19.0. The van der Waals surface area contributed by atoms with Crippen LogP contribution in [0.15, 0.2) is 60.7 Å². The lowest BCUT2D eigenvalue weighted by Gasteiger charge is -2.22. The van der Waals surface area contributed by atoms with Gasteiger partial charge in [-0.3, -0.25) is 19.3 Å². The Hall–Kier alpha value is -3.94. The first kappa shape index (κ1) is 23.2. The van der Waals surface area contributed by atoms with Crippen molar-refractivity contribution in [3.8, 4) is 5.75 Å². The lowest BCUT2D eigenvalue weighted by Crippen LogP contribution is -2.31. The third kappa shape index (κ3) is 4.71. The third-order valence-corrected chi connectivity index (χ3v) is 6.02. The number of esters is 1. The minimum absolute atomic E-state index is 0.00297. The number of nitrogens with one attached hydrogen (secondary N) is 1. The number of carbonyl (C=O) groups is 4. The molecule has 3 amide bonds. The van der Waals surface area contributed by atoms with Crippen molar-refractivity contribution in [3.05, 3.63) is 66.2 Å². The molecule has 0 aromatic heterocycles. The molecule has 2 aliphatic rings. The maximum atomic E-state index is 12.9. The minimum atomic E-state index is -0.682. The normalized spacial score (nSPS) is 21.2. The summed E-state index contributed by atoms with van der Waals surface area (Å²) in [5.41, 5.74) is 1.18. The molecule has 1 saturated heterocycles. The van der Waals surface area contributed by atoms with Gasteiger partial charge in [-0.2, -0.15) is 0 Å². The number of hydrogen-bond donors (Lipinski definition) is 1. The van der Waals surface area contributed by atoms with Gasteiger partial charge in [0.15, 0.2) is 6.61 Å². The molecule has 176 valence electrons. The summed E-state index contributed by atoms with van der Waals surface area (Å²) in [5, 5.41) is 2.64. The summed E-state index contributed by atoms with van der Waals surface area (Å²) in [6, 6.07) is 12.9. The number of fused-ring (bicyclic) bond motifs is 1. The highest BCUT2D eigenvalue weighted by atomic mass is 16.5. The molecule has 0 saturated carbocycles. The van der Waals surface area contributed by atoms with Gasteiger partial charge in [0, 0.05) is 5.69 Å². The van der Waals surface area contributed by atoms with Crippen molar-refractivity contribution in [2.75, 3.05) is 23.4 Å². The molecule has 0 radical (unpaired) electrons. The number of nitrogens with zero attached hydrogens (tertiary/aromatic N) is 1. The van der Waals surface area contributed by atoms with Crippen LogP contribution in [0.2, 0.25) is 0 Å². The molecule has 34 heavy (non-hydrogen) atoms. The first-order valence-electron chi connectivity index (χ1n) is 11.2. The Morgan fingerprint density at radius 1 is 1.03 bits per heavy atom. The summed E-state index contributed by atoms with van der Waals surface area (Å²) in [5.74, 6) is -1.59. The fraction of sp³-hybridized carbons (Fsp3) is 0.308. The summed E-state index contributed by atoms with van der Waals surface area (Å²) in [6.45, 7) is 3.91. The highest BCUT2D eigenvalue weighted by Gasteiger charge is 2.50. The van der Waals surface area contributed by atoms with E-state index in [-0.39, 0.29) is 35.1 Å². The Morgan fingerprint density at radius 3 is 2.38 bits per heavy atom. The Labute approximate surface area is 197 Å². The number of benzene rings is 2. The zero-order chi connectivity index (χ0) is 24.2. The quantitative estimate of drug-likeness (QED) is 0.383. The van der Waals surface area contributed by atoms with Crippen LogP contribution < -0.4 is 15.0 Å². The molecular formula is C26H26N2O6. The van der Waals surface area contributed by atoms with Crippen molar-refractivity contribution in [1.29, 1.82) is 0 Å². The maximum Gasteiger partial charge on any atom is 0.338 e. The highest BCUT2D eigenvalue weighted by Crippen LogP contribution is 2.40. The topological polar surface area (TPSA) is 102 Å². The van der Waals surface area contributed by atoms with Gasteiger partial charge in [0.2, 0.25) is 11.8 Å². The lowest BCUT2D eigenvalue weighted by molar-refractivity contribution is -0.123. The summed E-state index contributed by atoms with van der Waals surface area (Å²) < 4.78 is 10.4. The molecular weight excluding hydrogens is 436 g/mol. The van der Waals surface area contributed by atoms with Gasteiger partial charge in [-0.25, -0.2) is 4.79 Å². The van der Waals surface area contributed by atoms with E-state index >= 15 is 0 Å². The fourth-order valence-corrected chi connectivity index (χ4v) is 4.36. The first-order chi connectivity index (χ1) is 16.4. The van der Waals surface area contributed by atoms with Gasteiger partial charge in [-0.1, -0.05) is 19.1 Å². The molecule has 8 heteroatoms. The van der Waals surface area contributed by atoms with E-state index in [4.69, 9.17) is 9.47 Å². The summed E-state index contributed by atoms with van der Waals surface area (Å²) in [4.78, 5) is 51.4. The standard InChI is InChI=1S/C26H26N2O6/c1-3-33-20-13-9-18(10-14-20)27-22(29)15-34-26(32)17-7-11-19(12-8-17)28-24(30)21-6-4-5-16(2)23(21)25(28)31/h4-5,7-14,16,21,23H,3,6,15H2,1-2H3,(H,27,29)/t16-,21+,23-/m0/s1. The van der Waals surface area contributed by atoms with Crippen LogP contribution in [0.1, 0.15) is 30.6 Å². The van der Waals surface area contributed by atoms with Crippen molar-refractivity contribution in [2.24, 2.45) is 17.8 Å². The predicted molar refractivity (Wildman–Crippen MR) is 125 cm³/mol. The molecule has 4 rings (SSSR count). The third-order valence-electron chi connectivity index (χ3n) is 6.02. The SMILES string of the molecule is CCOc1ccc(NC(=O)COC(=O)c2ccc(N3C(=O)[C@H]4[C@@H](C)C=CC[C@H]4C3=O)cc2)cc1. The Morgan fingerprint density at radius 2 is 1.74 bits per heavy atom. The van der Waals surface area contributed by atoms with Crippen molar-refractivity contribution >= 4 is 35.1 Å². The van der Waals surface area contributed by atoms with Crippen molar-refractivity contribution in [1.82, 2.24) is 0 Å². The van der Waals surface area contributed by atoms with E-state index in [2.05, 4.69) is 5.32 Å². The van der Waals surface area contributed by atoms with Gasteiger partial charge in [-0.05, 0) is 67.8 Å². The number of hydrogen-bond acceptors (Lipinski definition) is 6. The Bertz CT molecular complexity index is 1120. The van der Waals surface area contributed by atoms with Crippen LogP contribution in [0.4, 0.5) is 11.4 Å². The van der Waals surface area contributed by atoms with Crippen LogP contribution in [0.25, 0.3) is 0 Å². The monoisotopic (exact) mass is 462 g/mol. The van der Waals surface area contributed by atoms with Crippen LogP contribution in [0.3, 0.4) is 0 Å². The Balaban J connectivity index is 1.33. The smallest absolute Gasteiger partial charge is 0.338 e. The number of ether oxygens (including phenoxy) is 2. The fourth-order valence-electron chi connectivity index (χ4n) is 4.36. The zero-order valence-corrected chi connectivity index (χ0v) is 19.0. The lowest BCUT2D eigenvalue weighted by atomic mass is 9.78. The molecule has 8 nitrogen and oxygen atoms in total. The summed E-state index contributed by atoms with van der Waals surface area (Å²) in [6.07, 6.45) is 4.48. The molecule has 2 aromatic rings. The van der Waals surface area contributed by atoms with E-state index in [0.29, 0.717) is 30.2 Å². The van der Waals surface area contributed by atoms with Gasteiger partial charge in [0.05, 0.1) is 29.7 Å². The molecule has 1 N–H and O–H groups in total.